The second-order valence-corrected chi connectivity index (χ2v) is 5.15. The van der Waals surface area contributed by atoms with Crippen molar-refractivity contribution in [3.05, 3.63) is 17.8 Å². The molecule has 1 aliphatic heterocycles. The minimum absolute atomic E-state index is 0.388. The number of fused-ring (bicyclic) bond motifs is 1. The van der Waals surface area contributed by atoms with Gasteiger partial charge in [-0.2, -0.15) is 0 Å². The van der Waals surface area contributed by atoms with Crippen molar-refractivity contribution in [2.45, 2.75) is 12.0 Å². The van der Waals surface area contributed by atoms with Gasteiger partial charge in [-0.15, -0.1) is 11.3 Å². The van der Waals surface area contributed by atoms with E-state index in [-0.39, 0.29) is 0 Å². The second-order valence-electron chi connectivity index (χ2n) is 4.24. The minimum Gasteiger partial charge on any atom is -0.386 e. The Balaban J connectivity index is 1.78. The van der Waals surface area contributed by atoms with Crippen LogP contribution in [0.5, 0.6) is 0 Å². The molecule has 2 aromatic rings. The molecule has 0 saturated carbocycles. The standard InChI is InChI=1S/C11H13N3O2S/c15-11(2-3-16-6-11)5-12-10-9-8(1-4-17-9)13-7-14-10/h1,4,7,15H,2-3,5-6H2,(H,12,13,14). The van der Waals surface area contributed by atoms with Gasteiger partial charge in [-0.3, -0.25) is 0 Å². The molecular formula is C11H13N3O2S. The first-order valence-electron chi connectivity index (χ1n) is 5.49. The highest BCUT2D eigenvalue weighted by Gasteiger charge is 2.32. The highest BCUT2D eigenvalue weighted by molar-refractivity contribution is 7.17. The average molecular weight is 251 g/mol. The summed E-state index contributed by atoms with van der Waals surface area (Å²) in [7, 11) is 0. The lowest BCUT2D eigenvalue weighted by atomic mass is 10.0. The molecule has 1 saturated heterocycles. The predicted molar refractivity (Wildman–Crippen MR) is 66.3 cm³/mol. The molecule has 2 aromatic heterocycles. The molecule has 5 nitrogen and oxygen atoms in total. The zero-order valence-electron chi connectivity index (χ0n) is 9.22. The molecule has 0 spiro atoms. The van der Waals surface area contributed by atoms with Crippen LogP contribution in [0, 0.1) is 0 Å². The number of hydrogen-bond donors (Lipinski definition) is 2. The van der Waals surface area contributed by atoms with Gasteiger partial charge in [-0.1, -0.05) is 0 Å². The van der Waals surface area contributed by atoms with E-state index in [1.807, 2.05) is 11.4 Å². The lowest BCUT2D eigenvalue weighted by Gasteiger charge is -2.20. The molecule has 0 radical (unpaired) electrons. The van der Waals surface area contributed by atoms with Gasteiger partial charge in [-0.25, -0.2) is 9.97 Å². The van der Waals surface area contributed by atoms with Crippen LogP contribution in [0.1, 0.15) is 6.42 Å². The van der Waals surface area contributed by atoms with Crippen LogP contribution in [0.4, 0.5) is 5.82 Å². The van der Waals surface area contributed by atoms with E-state index in [9.17, 15) is 5.11 Å². The average Bonchev–Trinajstić information content (AvgIpc) is 2.95. The van der Waals surface area contributed by atoms with Crippen molar-refractivity contribution in [3.63, 3.8) is 0 Å². The van der Waals surface area contributed by atoms with E-state index in [0.717, 1.165) is 16.0 Å². The molecule has 1 unspecified atom stereocenters. The summed E-state index contributed by atoms with van der Waals surface area (Å²) in [5.74, 6) is 0.783. The number of nitrogens with zero attached hydrogens (tertiary/aromatic N) is 2. The first-order chi connectivity index (χ1) is 8.27. The number of aliphatic hydroxyl groups is 1. The fourth-order valence-electron chi connectivity index (χ4n) is 1.90. The minimum atomic E-state index is -0.769. The third-order valence-electron chi connectivity index (χ3n) is 2.91. The smallest absolute Gasteiger partial charge is 0.147 e. The predicted octanol–water partition coefficient (Wildman–Crippen LogP) is 1.25. The van der Waals surface area contributed by atoms with E-state index in [1.54, 1.807) is 11.3 Å². The normalized spacial score (nSPS) is 24.3. The number of hydrogen-bond acceptors (Lipinski definition) is 6. The summed E-state index contributed by atoms with van der Waals surface area (Å²) in [6.07, 6.45) is 2.20. The Hall–Kier alpha value is -1.24. The number of rotatable bonds is 3. The molecule has 3 heterocycles. The number of ether oxygens (including phenoxy) is 1. The van der Waals surface area contributed by atoms with Gasteiger partial charge in [0.2, 0.25) is 0 Å². The number of thiophene rings is 1. The highest BCUT2D eigenvalue weighted by Crippen LogP contribution is 2.26. The third kappa shape index (κ3) is 2.11. The van der Waals surface area contributed by atoms with Gasteiger partial charge in [0.15, 0.2) is 0 Å². The number of anilines is 1. The molecule has 2 N–H and O–H groups in total. The van der Waals surface area contributed by atoms with E-state index >= 15 is 0 Å². The fraction of sp³-hybridized carbons (Fsp3) is 0.455. The molecule has 17 heavy (non-hydrogen) atoms. The van der Waals surface area contributed by atoms with E-state index in [0.29, 0.717) is 26.2 Å². The van der Waals surface area contributed by atoms with Gasteiger partial charge in [0.1, 0.15) is 17.7 Å². The van der Waals surface area contributed by atoms with Crippen LogP contribution >= 0.6 is 11.3 Å². The maximum atomic E-state index is 10.1. The van der Waals surface area contributed by atoms with Gasteiger partial charge in [0.25, 0.3) is 0 Å². The summed E-state index contributed by atoms with van der Waals surface area (Å²) in [4.78, 5) is 8.38. The summed E-state index contributed by atoms with van der Waals surface area (Å²) in [6, 6.07) is 1.96. The molecule has 6 heteroatoms. The first kappa shape index (κ1) is 10.9. The lowest BCUT2D eigenvalue weighted by Crippen LogP contribution is -2.37. The van der Waals surface area contributed by atoms with Crippen molar-refractivity contribution in [2.24, 2.45) is 0 Å². The molecule has 1 fully saturated rings. The molecule has 3 rings (SSSR count). The Labute approximate surface area is 102 Å². The summed E-state index contributed by atoms with van der Waals surface area (Å²) in [6.45, 7) is 1.46. The van der Waals surface area contributed by atoms with Crippen molar-refractivity contribution >= 4 is 27.4 Å². The molecule has 0 aromatic carbocycles. The third-order valence-corrected chi connectivity index (χ3v) is 3.82. The van der Waals surface area contributed by atoms with Gasteiger partial charge in [0, 0.05) is 19.6 Å². The van der Waals surface area contributed by atoms with Crippen molar-refractivity contribution in [1.29, 1.82) is 0 Å². The Morgan fingerprint density at radius 3 is 3.29 bits per heavy atom. The molecule has 0 aliphatic carbocycles. The van der Waals surface area contributed by atoms with Crippen LogP contribution in [-0.4, -0.2) is 40.4 Å². The van der Waals surface area contributed by atoms with Crippen LogP contribution in [0.3, 0.4) is 0 Å². The van der Waals surface area contributed by atoms with Crippen LogP contribution in [0.25, 0.3) is 10.2 Å². The van der Waals surface area contributed by atoms with E-state index in [1.165, 1.54) is 6.33 Å². The fourth-order valence-corrected chi connectivity index (χ4v) is 2.71. The number of nitrogens with one attached hydrogen (secondary N) is 1. The summed E-state index contributed by atoms with van der Waals surface area (Å²) < 4.78 is 6.22. The monoisotopic (exact) mass is 251 g/mol. The zero-order valence-corrected chi connectivity index (χ0v) is 10.0. The summed E-state index contributed by atoms with van der Waals surface area (Å²) in [5.41, 5.74) is 0.163. The first-order valence-corrected chi connectivity index (χ1v) is 6.37. The topological polar surface area (TPSA) is 67.3 Å². The van der Waals surface area contributed by atoms with Gasteiger partial charge in [0.05, 0.1) is 16.8 Å². The molecule has 0 bridgehead atoms. The highest BCUT2D eigenvalue weighted by atomic mass is 32.1. The van der Waals surface area contributed by atoms with E-state index < -0.39 is 5.60 Å². The molecule has 0 amide bonds. The van der Waals surface area contributed by atoms with Crippen molar-refractivity contribution < 1.29 is 9.84 Å². The Morgan fingerprint density at radius 1 is 1.53 bits per heavy atom. The van der Waals surface area contributed by atoms with Gasteiger partial charge in [-0.05, 0) is 11.4 Å². The zero-order chi connectivity index (χ0) is 11.7. The van der Waals surface area contributed by atoms with Crippen LogP contribution in [0.2, 0.25) is 0 Å². The van der Waals surface area contributed by atoms with Gasteiger partial charge < -0.3 is 15.2 Å². The second kappa shape index (κ2) is 4.21. The van der Waals surface area contributed by atoms with Crippen molar-refractivity contribution in [3.8, 4) is 0 Å². The molecule has 1 aliphatic rings. The lowest BCUT2D eigenvalue weighted by molar-refractivity contribution is 0.0381. The van der Waals surface area contributed by atoms with Crippen LogP contribution < -0.4 is 5.32 Å². The maximum Gasteiger partial charge on any atom is 0.147 e. The van der Waals surface area contributed by atoms with Gasteiger partial charge >= 0.3 is 0 Å². The van der Waals surface area contributed by atoms with Crippen molar-refractivity contribution in [2.75, 3.05) is 25.1 Å². The Morgan fingerprint density at radius 2 is 2.47 bits per heavy atom. The summed E-state index contributed by atoms with van der Waals surface area (Å²) >= 11 is 1.59. The number of aromatic nitrogens is 2. The van der Waals surface area contributed by atoms with E-state index in [2.05, 4.69) is 15.3 Å². The SMILES string of the molecule is OC1(CNc2ncnc3ccsc23)CCOC1. The quantitative estimate of drug-likeness (QED) is 0.859. The van der Waals surface area contributed by atoms with Crippen LogP contribution in [0.15, 0.2) is 17.8 Å². The molecular weight excluding hydrogens is 238 g/mol. The molecule has 90 valence electrons. The Bertz CT molecular complexity index is 522. The summed E-state index contributed by atoms with van der Waals surface area (Å²) in [5, 5.41) is 15.3. The Kier molecular flexibility index (Phi) is 2.70. The van der Waals surface area contributed by atoms with E-state index in [4.69, 9.17) is 4.74 Å². The maximum absolute atomic E-state index is 10.1. The van der Waals surface area contributed by atoms with Crippen molar-refractivity contribution in [1.82, 2.24) is 9.97 Å². The largest absolute Gasteiger partial charge is 0.386 e. The molecule has 1 atom stereocenters. The van der Waals surface area contributed by atoms with Crippen LogP contribution in [-0.2, 0) is 4.74 Å².